The summed E-state index contributed by atoms with van der Waals surface area (Å²) in [6, 6.07) is 6.07. The molecule has 102 valence electrons. The standard InChI is InChI=1S/C14H13F2N.C2H6/c1-9(2)11-6-12(15)14(13(16)7-11)10-4-3-5-17-8-10;1-2/h3-9H,1-2H3;1-2H3. The topological polar surface area (TPSA) is 12.9 Å². The summed E-state index contributed by atoms with van der Waals surface area (Å²) in [6.45, 7) is 7.80. The molecule has 0 aliphatic heterocycles. The number of halogens is 2. The van der Waals surface area contributed by atoms with Crippen LogP contribution in [0.3, 0.4) is 0 Å². The molecule has 1 aromatic carbocycles. The van der Waals surface area contributed by atoms with E-state index in [2.05, 4.69) is 4.98 Å². The molecule has 0 atom stereocenters. The zero-order valence-corrected chi connectivity index (χ0v) is 11.7. The molecule has 1 heterocycles. The molecule has 0 spiro atoms. The van der Waals surface area contributed by atoms with E-state index in [1.807, 2.05) is 27.7 Å². The van der Waals surface area contributed by atoms with E-state index in [0.29, 0.717) is 11.1 Å². The van der Waals surface area contributed by atoms with Crippen LogP contribution in [-0.4, -0.2) is 4.98 Å². The summed E-state index contributed by atoms with van der Waals surface area (Å²) in [4.78, 5) is 3.87. The minimum atomic E-state index is -0.540. The number of aromatic nitrogens is 1. The van der Waals surface area contributed by atoms with Crippen LogP contribution in [0.2, 0.25) is 0 Å². The molecule has 0 N–H and O–H groups in total. The van der Waals surface area contributed by atoms with Crippen molar-refractivity contribution in [2.45, 2.75) is 33.6 Å². The van der Waals surface area contributed by atoms with Crippen molar-refractivity contribution in [2.24, 2.45) is 0 Å². The Morgan fingerprint density at radius 3 is 2.05 bits per heavy atom. The van der Waals surface area contributed by atoms with Gasteiger partial charge in [-0.05, 0) is 29.7 Å². The highest BCUT2D eigenvalue weighted by Crippen LogP contribution is 2.28. The first kappa shape index (κ1) is 15.3. The van der Waals surface area contributed by atoms with E-state index in [4.69, 9.17) is 0 Å². The van der Waals surface area contributed by atoms with E-state index in [9.17, 15) is 8.78 Å². The van der Waals surface area contributed by atoms with E-state index >= 15 is 0 Å². The van der Waals surface area contributed by atoms with Crippen LogP contribution in [0.4, 0.5) is 8.78 Å². The monoisotopic (exact) mass is 263 g/mol. The van der Waals surface area contributed by atoms with Crippen molar-refractivity contribution in [3.63, 3.8) is 0 Å². The van der Waals surface area contributed by atoms with Crippen LogP contribution >= 0.6 is 0 Å². The van der Waals surface area contributed by atoms with Crippen molar-refractivity contribution in [1.29, 1.82) is 0 Å². The molecule has 3 heteroatoms. The zero-order chi connectivity index (χ0) is 14.4. The SMILES string of the molecule is CC.CC(C)c1cc(F)c(-c2cccnc2)c(F)c1. The molecule has 0 aliphatic carbocycles. The summed E-state index contributed by atoms with van der Waals surface area (Å²) in [5.74, 6) is -0.981. The summed E-state index contributed by atoms with van der Waals surface area (Å²) in [7, 11) is 0. The Morgan fingerprint density at radius 1 is 1.05 bits per heavy atom. The minimum absolute atomic E-state index is 0.0116. The number of hydrogen-bond donors (Lipinski definition) is 0. The first-order valence-electron chi connectivity index (χ1n) is 6.49. The molecule has 0 amide bonds. The second-order valence-corrected chi connectivity index (χ2v) is 4.26. The second-order valence-electron chi connectivity index (χ2n) is 4.26. The van der Waals surface area contributed by atoms with E-state index < -0.39 is 11.6 Å². The molecule has 1 aromatic heterocycles. The Kier molecular flexibility index (Phi) is 5.61. The number of pyridine rings is 1. The fourth-order valence-corrected chi connectivity index (χ4v) is 1.71. The van der Waals surface area contributed by atoms with Gasteiger partial charge in [-0.3, -0.25) is 4.98 Å². The summed E-state index contributed by atoms with van der Waals surface area (Å²) >= 11 is 0. The Bertz CT molecular complexity index is 499. The van der Waals surface area contributed by atoms with Crippen LogP contribution in [0.15, 0.2) is 36.7 Å². The highest BCUT2D eigenvalue weighted by Gasteiger charge is 2.14. The van der Waals surface area contributed by atoms with E-state index in [-0.39, 0.29) is 11.5 Å². The molecule has 0 aliphatic rings. The van der Waals surface area contributed by atoms with Crippen LogP contribution in [0.1, 0.15) is 39.2 Å². The Hall–Kier alpha value is -1.77. The van der Waals surface area contributed by atoms with Crippen molar-refractivity contribution in [3.8, 4) is 11.1 Å². The highest BCUT2D eigenvalue weighted by atomic mass is 19.1. The fraction of sp³-hybridized carbons (Fsp3) is 0.312. The van der Waals surface area contributed by atoms with Crippen molar-refractivity contribution in [3.05, 3.63) is 53.9 Å². The minimum Gasteiger partial charge on any atom is -0.264 e. The molecule has 0 saturated heterocycles. The van der Waals surface area contributed by atoms with Gasteiger partial charge in [0.2, 0.25) is 0 Å². The molecule has 2 aromatic rings. The first-order chi connectivity index (χ1) is 9.09. The molecule has 19 heavy (non-hydrogen) atoms. The number of rotatable bonds is 2. The summed E-state index contributed by atoms with van der Waals surface area (Å²) in [5.41, 5.74) is 1.10. The van der Waals surface area contributed by atoms with E-state index in [0.717, 1.165) is 0 Å². The molecular formula is C16H19F2N. The predicted molar refractivity (Wildman–Crippen MR) is 75.0 cm³/mol. The van der Waals surface area contributed by atoms with Crippen molar-refractivity contribution < 1.29 is 8.78 Å². The van der Waals surface area contributed by atoms with Gasteiger partial charge in [0.25, 0.3) is 0 Å². The first-order valence-corrected chi connectivity index (χ1v) is 6.49. The quantitative estimate of drug-likeness (QED) is 0.727. The molecule has 0 saturated carbocycles. The van der Waals surface area contributed by atoms with Gasteiger partial charge in [-0.25, -0.2) is 8.78 Å². The molecule has 1 nitrogen and oxygen atoms in total. The van der Waals surface area contributed by atoms with Crippen LogP contribution in [0.25, 0.3) is 11.1 Å². The molecule has 0 radical (unpaired) electrons. The highest BCUT2D eigenvalue weighted by molar-refractivity contribution is 5.64. The molecule has 2 rings (SSSR count). The van der Waals surface area contributed by atoms with Gasteiger partial charge in [-0.15, -0.1) is 0 Å². The third-order valence-corrected chi connectivity index (χ3v) is 2.68. The number of hydrogen-bond acceptors (Lipinski definition) is 1. The molecule has 0 unspecified atom stereocenters. The average Bonchev–Trinajstić information content (AvgIpc) is 2.41. The van der Waals surface area contributed by atoms with E-state index in [1.165, 1.54) is 18.3 Å². The third-order valence-electron chi connectivity index (χ3n) is 2.68. The van der Waals surface area contributed by atoms with Crippen LogP contribution in [0.5, 0.6) is 0 Å². The van der Waals surface area contributed by atoms with Crippen LogP contribution < -0.4 is 0 Å². The lowest BCUT2D eigenvalue weighted by molar-refractivity contribution is 0.583. The normalized spacial score (nSPS) is 10.1. The maximum atomic E-state index is 13.9. The van der Waals surface area contributed by atoms with Crippen molar-refractivity contribution in [2.75, 3.05) is 0 Å². The lowest BCUT2D eigenvalue weighted by atomic mass is 9.98. The number of nitrogens with zero attached hydrogens (tertiary/aromatic N) is 1. The van der Waals surface area contributed by atoms with Gasteiger partial charge in [-0.1, -0.05) is 33.8 Å². The third kappa shape index (κ3) is 3.60. The lowest BCUT2D eigenvalue weighted by Crippen LogP contribution is -1.96. The van der Waals surface area contributed by atoms with Gasteiger partial charge in [-0.2, -0.15) is 0 Å². The van der Waals surface area contributed by atoms with Crippen LogP contribution in [0, 0.1) is 11.6 Å². The van der Waals surface area contributed by atoms with Gasteiger partial charge < -0.3 is 0 Å². The Balaban J connectivity index is 0.000000861. The van der Waals surface area contributed by atoms with Crippen molar-refractivity contribution in [1.82, 2.24) is 4.98 Å². The lowest BCUT2D eigenvalue weighted by Gasteiger charge is -2.10. The van der Waals surface area contributed by atoms with Crippen LogP contribution in [-0.2, 0) is 0 Å². The maximum Gasteiger partial charge on any atom is 0.134 e. The summed E-state index contributed by atoms with van der Waals surface area (Å²) < 4.78 is 27.8. The largest absolute Gasteiger partial charge is 0.264 e. The fourth-order valence-electron chi connectivity index (χ4n) is 1.71. The van der Waals surface area contributed by atoms with Gasteiger partial charge in [0.1, 0.15) is 11.6 Å². The predicted octanol–water partition coefficient (Wildman–Crippen LogP) is 5.18. The molecular weight excluding hydrogens is 244 g/mol. The molecule has 0 bridgehead atoms. The molecule has 0 fully saturated rings. The number of benzene rings is 1. The summed E-state index contributed by atoms with van der Waals surface area (Å²) in [5, 5.41) is 0. The Labute approximate surface area is 113 Å². The Morgan fingerprint density at radius 2 is 1.63 bits per heavy atom. The van der Waals surface area contributed by atoms with Crippen molar-refractivity contribution >= 4 is 0 Å². The van der Waals surface area contributed by atoms with Gasteiger partial charge in [0.15, 0.2) is 0 Å². The zero-order valence-electron chi connectivity index (χ0n) is 11.7. The van der Waals surface area contributed by atoms with Gasteiger partial charge in [0.05, 0.1) is 5.56 Å². The average molecular weight is 263 g/mol. The van der Waals surface area contributed by atoms with E-state index in [1.54, 1.807) is 18.3 Å². The maximum absolute atomic E-state index is 13.9. The van der Waals surface area contributed by atoms with Gasteiger partial charge in [0, 0.05) is 18.0 Å². The van der Waals surface area contributed by atoms with Gasteiger partial charge >= 0.3 is 0 Å². The smallest absolute Gasteiger partial charge is 0.134 e. The second kappa shape index (κ2) is 6.98. The summed E-state index contributed by atoms with van der Waals surface area (Å²) in [6.07, 6.45) is 3.03.